The number of aliphatic hydroxyl groups excluding tert-OH is 2. The van der Waals surface area contributed by atoms with Gasteiger partial charge in [-0.05, 0) is 19.3 Å². The van der Waals surface area contributed by atoms with Gasteiger partial charge in [0.1, 0.15) is 0 Å². The van der Waals surface area contributed by atoms with Crippen molar-refractivity contribution in [3.8, 4) is 0 Å². The van der Waals surface area contributed by atoms with E-state index in [4.69, 9.17) is 14.9 Å². The van der Waals surface area contributed by atoms with Gasteiger partial charge in [-0.25, -0.2) is 0 Å². The number of carbonyl (C=O) groups is 1. The van der Waals surface area contributed by atoms with E-state index in [9.17, 15) is 4.79 Å². The van der Waals surface area contributed by atoms with E-state index >= 15 is 0 Å². The standard InChI is InChI=1S/C22H46N2O4/c1-2-3-4-5-6-7-8-9-10-13-22(27)23-14-11-12-20-28-21-17-24(15-18-25)16-19-26/h25-26H,2-21H2,1H3,(H,23,27). The molecule has 0 aromatic heterocycles. The quantitative estimate of drug-likeness (QED) is 0.242. The van der Waals surface area contributed by atoms with Gasteiger partial charge in [0.2, 0.25) is 5.91 Å². The lowest BCUT2D eigenvalue weighted by Crippen LogP contribution is -2.33. The third-order valence-corrected chi connectivity index (χ3v) is 4.93. The van der Waals surface area contributed by atoms with E-state index in [1.807, 2.05) is 4.90 Å². The summed E-state index contributed by atoms with van der Waals surface area (Å²) in [6.45, 7) is 6.29. The highest BCUT2D eigenvalue weighted by Crippen LogP contribution is 2.10. The summed E-state index contributed by atoms with van der Waals surface area (Å²) in [5.74, 6) is 0.174. The monoisotopic (exact) mass is 402 g/mol. The molecule has 168 valence electrons. The van der Waals surface area contributed by atoms with Gasteiger partial charge in [0.05, 0.1) is 19.8 Å². The van der Waals surface area contributed by atoms with Crippen molar-refractivity contribution in [3.05, 3.63) is 0 Å². The van der Waals surface area contributed by atoms with E-state index in [1.54, 1.807) is 0 Å². The number of aliphatic hydroxyl groups is 2. The van der Waals surface area contributed by atoms with E-state index in [0.29, 0.717) is 32.7 Å². The SMILES string of the molecule is CCCCCCCCCCCC(=O)NCCCCOCCN(CCO)CCO. The normalized spacial score (nSPS) is 11.3. The van der Waals surface area contributed by atoms with Gasteiger partial charge in [-0.15, -0.1) is 0 Å². The molecule has 0 rings (SSSR count). The summed E-state index contributed by atoms with van der Waals surface area (Å²) in [4.78, 5) is 13.8. The zero-order valence-electron chi connectivity index (χ0n) is 18.3. The maximum Gasteiger partial charge on any atom is 0.219 e. The number of amides is 1. The Balaban J connectivity index is 3.30. The first kappa shape index (κ1) is 27.3. The first-order valence-corrected chi connectivity index (χ1v) is 11.5. The molecule has 0 unspecified atom stereocenters. The summed E-state index contributed by atoms with van der Waals surface area (Å²) in [7, 11) is 0. The second-order valence-corrected chi connectivity index (χ2v) is 7.54. The molecular weight excluding hydrogens is 356 g/mol. The molecule has 0 aliphatic heterocycles. The molecule has 0 spiro atoms. The first-order valence-electron chi connectivity index (χ1n) is 11.5. The van der Waals surface area contributed by atoms with Crippen molar-refractivity contribution in [3.63, 3.8) is 0 Å². The van der Waals surface area contributed by atoms with E-state index in [1.165, 1.54) is 51.4 Å². The van der Waals surface area contributed by atoms with Crippen LogP contribution >= 0.6 is 0 Å². The fourth-order valence-corrected chi connectivity index (χ4v) is 3.16. The highest BCUT2D eigenvalue weighted by Gasteiger charge is 2.03. The number of rotatable bonds is 22. The van der Waals surface area contributed by atoms with Crippen LogP contribution in [0.5, 0.6) is 0 Å². The molecule has 6 heteroatoms. The molecule has 0 heterocycles. The topological polar surface area (TPSA) is 82.0 Å². The van der Waals surface area contributed by atoms with E-state index < -0.39 is 0 Å². The van der Waals surface area contributed by atoms with Crippen molar-refractivity contribution in [2.75, 3.05) is 52.6 Å². The Labute approximate surface area is 173 Å². The van der Waals surface area contributed by atoms with Gasteiger partial charge < -0.3 is 20.3 Å². The Morgan fingerprint density at radius 2 is 1.39 bits per heavy atom. The molecule has 0 bridgehead atoms. The average molecular weight is 403 g/mol. The fourth-order valence-electron chi connectivity index (χ4n) is 3.16. The van der Waals surface area contributed by atoms with Crippen molar-refractivity contribution in [2.24, 2.45) is 0 Å². The highest BCUT2D eigenvalue weighted by atomic mass is 16.5. The maximum atomic E-state index is 11.8. The van der Waals surface area contributed by atoms with Gasteiger partial charge in [0.25, 0.3) is 0 Å². The van der Waals surface area contributed by atoms with Gasteiger partial charge in [0, 0.05) is 39.2 Å². The van der Waals surface area contributed by atoms with Gasteiger partial charge in [-0.1, -0.05) is 58.3 Å². The molecule has 0 aromatic rings. The van der Waals surface area contributed by atoms with Crippen LogP contribution in [-0.2, 0) is 9.53 Å². The minimum Gasteiger partial charge on any atom is -0.395 e. The largest absolute Gasteiger partial charge is 0.395 e. The van der Waals surface area contributed by atoms with Crippen molar-refractivity contribution < 1.29 is 19.7 Å². The number of carbonyl (C=O) groups excluding carboxylic acids is 1. The van der Waals surface area contributed by atoms with Crippen LogP contribution in [0, 0.1) is 0 Å². The minimum absolute atomic E-state index is 0.0960. The number of ether oxygens (including phenoxy) is 1. The van der Waals surface area contributed by atoms with Gasteiger partial charge >= 0.3 is 0 Å². The van der Waals surface area contributed by atoms with Gasteiger partial charge in [-0.3, -0.25) is 9.69 Å². The molecule has 0 atom stereocenters. The minimum atomic E-state index is 0.0960. The molecule has 0 saturated heterocycles. The molecule has 1 amide bonds. The molecule has 28 heavy (non-hydrogen) atoms. The molecule has 6 nitrogen and oxygen atoms in total. The summed E-state index contributed by atoms with van der Waals surface area (Å²) >= 11 is 0. The Hall–Kier alpha value is -0.690. The second-order valence-electron chi connectivity index (χ2n) is 7.54. The Bertz CT molecular complexity index is 324. The summed E-state index contributed by atoms with van der Waals surface area (Å²) < 4.78 is 5.58. The zero-order valence-corrected chi connectivity index (χ0v) is 18.3. The van der Waals surface area contributed by atoms with Crippen molar-refractivity contribution >= 4 is 5.91 Å². The maximum absolute atomic E-state index is 11.8. The third-order valence-electron chi connectivity index (χ3n) is 4.93. The predicted molar refractivity (Wildman–Crippen MR) is 116 cm³/mol. The number of nitrogens with one attached hydrogen (secondary N) is 1. The summed E-state index contributed by atoms with van der Waals surface area (Å²) in [6.07, 6.45) is 14.0. The van der Waals surface area contributed by atoms with E-state index in [-0.39, 0.29) is 19.1 Å². The molecule has 3 N–H and O–H groups in total. The van der Waals surface area contributed by atoms with Crippen LogP contribution in [0.2, 0.25) is 0 Å². The van der Waals surface area contributed by atoms with Crippen LogP contribution in [0.15, 0.2) is 0 Å². The third kappa shape index (κ3) is 20.1. The molecule has 0 fully saturated rings. The summed E-state index contributed by atoms with van der Waals surface area (Å²) in [5.41, 5.74) is 0. The molecule has 0 saturated carbocycles. The van der Waals surface area contributed by atoms with Gasteiger partial charge in [-0.2, -0.15) is 0 Å². The Morgan fingerprint density at radius 3 is 2.00 bits per heavy atom. The van der Waals surface area contributed by atoms with Crippen LogP contribution in [0.1, 0.15) is 84.0 Å². The fraction of sp³-hybridized carbons (Fsp3) is 0.955. The molecule has 0 radical (unpaired) electrons. The average Bonchev–Trinajstić information content (AvgIpc) is 2.69. The Morgan fingerprint density at radius 1 is 0.786 bits per heavy atom. The van der Waals surface area contributed by atoms with E-state index in [0.717, 1.165) is 32.4 Å². The highest BCUT2D eigenvalue weighted by molar-refractivity contribution is 5.75. The molecular formula is C22H46N2O4. The number of nitrogens with zero attached hydrogens (tertiary/aromatic N) is 1. The lowest BCUT2D eigenvalue weighted by molar-refractivity contribution is -0.121. The Kier molecular flexibility index (Phi) is 22.0. The van der Waals surface area contributed by atoms with Crippen molar-refractivity contribution in [1.82, 2.24) is 10.2 Å². The predicted octanol–water partition coefficient (Wildman–Crippen LogP) is 3.11. The van der Waals surface area contributed by atoms with Crippen molar-refractivity contribution in [1.29, 1.82) is 0 Å². The van der Waals surface area contributed by atoms with Crippen molar-refractivity contribution in [2.45, 2.75) is 84.0 Å². The molecule has 0 aliphatic rings. The summed E-state index contributed by atoms with van der Waals surface area (Å²) in [6, 6.07) is 0. The number of hydrogen-bond acceptors (Lipinski definition) is 5. The van der Waals surface area contributed by atoms with Crippen LogP contribution in [0.25, 0.3) is 0 Å². The van der Waals surface area contributed by atoms with Crippen LogP contribution in [-0.4, -0.2) is 73.6 Å². The van der Waals surface area contributed by atoms with Crippen LogP contribution in [0.3, 0.4) is 0 Å². The molecule has 0 aromatic carbocycles. The number of unbranched alkanes of at least 4 members (excludes halogenated alkanes) is 9. The lowest BCUT2D eigenvalue weighted by Gasteiger charge is -2.19. The second kappa shape index (κ2) is 22.6. The van der Waals surface area contributed by atoms with E-state index in [2.05, 4.69) is 12.2 Å². The first-order chi connectivity index (χ1) is 13.7. The van der Waals surface area contributed by atoms with Crippen LogP contribution in [0.4, 0.5) is 0 Å². The van der Waals surface area contributed by atoms with Gasteiger partial charge in [0.15, 0.2) is 0 Å². The van der Waals surface area contributed by atoms with Crippen LogP contribution < -0.4 is 5.32 Å². The molecule has 0 aliphatic carbocycles. The zero-order chi connectivity index (χ0) is 20.7. The summed E-state index contributed by atoms with van der Waals surface area (Å²) in [5, 5.41) is 20.9. The number of hydrogen-bond donors (Lipinski definition) is 3. The lowest BCUT2D eigenvalue weighted by atomic mass is 10.1. The smallest absolute Gasteiger partial charge is 0.219 e.